The molecular weight excluding hydrogens is 428 g/mol. The number of carbonyl (C=O) groups is 1. The molecule has 1 aliphatic heterocycles. The van der Waals surface area contributed by atoms with E-state index in [1.54, 1.807) is 45.6 Å². The zero-order valence-electron chi connectivity index (χ0n) is 20.3. The highest BCUT2D eigenvalue weighted by molar-refractivity contribution is 6.12. The van der Waals surface area contributed by atoms with Crippen molar-refractivity contribution in [3.8, 4) is 11.3 Å². The Labute approximate surface area is 200 Å². The number of allylic oxidation sites excluding steroid dienone is 1. The molecule has 8 heteroatoms. The summed E-state index contributed by atoms with van der Waals surface area (Å²) in [6.45, 7) is 17.2. The van der Waals surface area contributed by atoms with Gasteiger partial charge in [0, 0.05) is 31.1 Å². The first-order valence-corrected chi connectivity index (χ1v) is 11.0. The van der Waals surface area contributed by atoms with Gasteiger partial charge in [-0.1, -0.05) is 6.58 Å². The number of carbonyl (C=O) groups excluding carboxylic acids is 1. The molecule has 1 atom stereocenters. The average Bonchev–Trinajstić information content (AvgIpc) is 2.79. The van der Waals surface area contributed by atoms with Gasteiger partial charge in [-0.3, -0.25) is 15.0 Å². The maximum Gasteiger partial charge on any atom is 0.496 e. The lowest BCUT2D eigenvalue weighted by Gasteiger charge is -2.29. The minimum absolute atomic E-state index is 0.331. The zero-order chi connectivity index (χ0) is 25.0. The molecule has 0 bridgehead atoms. The molecule has 0 spiro atoms. The standard InChI is InChI=1S/C26H30N6O2/c1-8-32(7)25(33)31-18(4)30-22-13-19(12-21(17(22)3)23-15-27-9-10-28-23)20-11-16(2)24(29-14-20)26(5,6)34/h9-15,24,34H,2,7-8H2,1,3-6H3/p+1. The number of rotatable bonds is 5. The Morgan fingerprint density at radius 2 is 2.06 bits per heavy atom. The quantitative estimate of drug-likeness (QED) is 0.399. The Balaban J connectivity index is 2.09. The van der Waals surface area contributed by atoms with E-state index in [2.05, 4.69) is 38.6 Å². The summed E-state index contributed by atoms with van der Waals surface area (Å²) in [5, 5.41) is 13.1. The van der Waals surface area contributed by atoms with Gasteiger partial charge < -0.3 is 5.11 Å². The number of nitrogens with one attached hydrogen (secondary N) is 1. The molecule has 176 valence electrons. The number of benzene rings is 1. The molecule has 1 aromatic heterocycles. The van der Waals surface area contributed by atoms with Crippen molar-refractivity contribution in [1.29, 1.82) is 0 Å². The molecule has 2 heterocycles. The van der Waals surface area contributed by atoms with Crippen LogP contribution in [0.5, 0.6) is 0 Å². The molecule has 34 heavy (non-hydrogen) atoms. The number of aliphatic imine (C=N–C) groups is 2. The van der Waals surface area contributed by atoms with Gasteiger partial charge in [-0.15, -0.1) is 0 Å². The van der Waals surface area contributed by atoms with Crippen LogP contribution in [0.3, 0.4) is 0 Å². The number of amidine groups is 1. The maximum atomic E-state index is 12.2. The van der Waals surface area contributed by atoms with Crippen LogP contribution in [0.2, 0.25) is 0 Å². The van der Waals surface area contributed by atoms with Crippen molar-refractivity contribution in [2.45, 2.75) is 46.3 Å². The molecule has 2 aromatic rings. The van der Waals surface area contributed by atoms with Crippen LogP contribution < -0.4 is 5.32 Å². The number of nitrogens with zero attached hydrogens (tertiary/aromatic N) is 5. The van der Waals surface area contributed by atoms with Crippen molar-refractivity contribution in [1.82, 2.24) is 15.3 Å². The highest BCUT2D eigenvalue weighted by atomic mass is 16.3. The Morgan fingerprint density at radius 1 is 1.32 bits per heavy atom. The Kier molecular flexibility index (Phi) is 7.32. The van der Waals surface area contributed by atoms with E-state index in [1.165, 1.54) is 4.58 Å². The smallest absolute Gasteiger partial charge is 0.388 e. The first-order valence-electron chi connectivity index (χ1n) is 11.0. The van der Waals surface area contributed by atoms with E-state index in [4.69, 9.17) is 0 Å². The van der Waals surface area contributed by atoms with Crippen LogP contribution >= 0.6 is 0 Å². The van der Waals surface area contributed by atoms with Crippen LogP contribution in [0.1, 0.15) is 38.8 Å². The van der Waals surface area contributed by atoms with Crippen molar-refractivity contribution in [2.75, 3.05) is 6.54 Å². The van der Waals surface area contributed by atoms with Crippen molar-refractivity contribution in [3.05, 3.63) is 60.1 Å². The highest BCUT2D eigenvalue weighted by Gasteiger charge is 2.29. The lowest BCUT2D eigenvalue weighted by molar-refractivity contribution is -0.414. The Bertz CT molecular complexity index is 1220. The number of dihydropyridines is 1. The fraction of sp³-hybridized carbons (Fsp3) is 0.308. The first kappa shape index (κ1) is 24.9. The van der Waals surface area contributed by atoms with E-state index in [0.29, 0.717) is 23.8 Å². The first-order chi connectivity index (χ1) is 16.0. The molecule has 0 saturated heterocycles. The molecule has 0 saturated carbocycles. The topological polar surface area (TPSA) is 103 Å². The summed E-state index contributed by atoms with van der Waals surface area (Å²) < 4.78 is 1.32. The van der Waals surface area contributed by atoms with Crippen molar-refractivity contribution in [2.24, 2.45) is 9.98 Å². The molecule has 8 nitrogen and oxygen atoms in total. The summed E-state index contributed by atoms with van der Waals surface area (Å²) in [7, 11) is 0. The molecule has 0 radical (unpaired) electrons. The highest BCUT2D eigenvalue weighted by Crippen LogP contribution is 2.35. The van der Waals surface area contributed by atoms with Gasteiger partial charge in [0.1, 0.15) is 6.04 Å². The normalized spacial score (nSPS) is 16.3. The number of aromatic nitrogens is 2. The van der Waals surface area contributed by atoms with E-state index in [9.17, 15) is 9.90 Å². The van der Waals surface area contributed by atoms with Crippen molar-refractivity contribution < 1.29 is 14.5 Å². The zero-order valence-corrected chi connectivity index (χ0v) is 20.3. The van der Waals surface area contributed by atoms with Crippen LogP contribution in [-0.4, -0.2) is 62.6 Å². The molecule has 1 aliphatic rings. The number of amides is 2. The maximum absolute atomic E-state index is 12.2. The van der Waals surface area contributed by atoms with Crippen LogP contribution in [0, 0.1) is 6.92 Å². The SMILES string of the molecule is C=C1C=C(c2cc(N=C(C)NC(=O)[N+](=C)CC)c(C)c(-c3cnccn3)c2)C=NC1C(C)(C)O. The number of hydrogen-bond acceptors (Lipinski definition) is 6. The lowest BCUT2D eigenvalue weighted by Crippen LogP contribution is -2.36. The van der Waals surface area contributed by atoms with Gasteiger partial charge in [-0.2, -0.15) is 10.1 Å². The van der Waals surface area contributed by atoms with Crippen molar-refractivity contribution >= 4 is 36.1 Å². The molecular formula is C26H31N6O2+. The summed E-state index contributed by atoms with van der Waals surface area (Å²) >= 11 is 0. The van der Waals surface area contributed by atoms with Crippen LogP contribution in [0.25, 0.3) is 16.8 Å². The van der Waals surface area contributed by atoms with Gasteiger partial charge in [0.25, 0.3) is 0 Å². The predicted molar refractivity (Wildman–Crippen MR) is 137 cm³/mol. The van der Waals surface area contributed by atoms with Crippen LogP contribution in [0.4, 0.5) is 10.5 Å². The Morgan fingerprint density at radius 3 is 2.65 bits per heavy atom. The number of hydrogen-bond donors (Lipinski definition) is 2. The van der Waals surface area contributed by atoms with E-state index < -0.39 is 11.6 Å². The van der Waals surface area contributed by atoms with E-state index in [0.717, 1.165) is 27.8 Å². The van der Waals surface area contributed by atoms with E-state index in [-0.39, 0.29) is 6.03 Å². The van der Waals surface area contributed by atoms with Gasteiger partial charge >= 0.3 is 6.03 Å². The largest absolute Gasteiger partial charge is 0.496 e. The summed E-state index contributed by atoms with van der Waals surface area (Å²) in [5.41, 5.74) is 4.53. The van der Waals surface area contributed by atoms with Crippen LogP contribution in [-0.2, 0) is 0 Å². The number of urea groups is 1. The molecule has 1 unspecified atom stereocenters. The van der Waals surface area contributed by atoms with E-state index >= 15 is 0 Å². The van der Waals surface area contributed by atoms with E-state index in [1.807, 2.05) is 32.1 Å². The van der Waals surface area contributed by atoms with Gasteiger partial charge in [0.2, 0.25) is 0 Å². The summed E-state index contributed by atoms with van der Waals surface area (Å²) in [4.78, 5) is 30.1. The second-order valence-corrected chi connectivity index (χ2v) is 8.75. The van der Waals surface area contributed by atoms with Gasteiger partial charge in [0.15, 0.2) is 5.84 Å². The minimum atomic E-state index is -1.01. The molecule has 2 amide bonds. The monoisotopic (exact) mass is 459 g/mol. The Hall–Kier alpha value is -3.78. The third-order valence-corrected chi connectivity index (χ3v) is 5.52. The van der Waals surface area contributed by atoms with Gasteiger partial charge in [-0.05, 0) is 68.2 Å². The molecule has 2 N–H and O–H groups in total. The van der Waals surface area contributed by atoms with Crippen LogP contribution in [0.15, 0.2) is 58.9 Å². The third-order valence-electron chi connectivity index (χ3n) is 5.52. The summed E-state index contributed by atoms with van der Waals surface area (Å²) in [6, 6.07) is 3.20. The van der Waals surface area contributed by atoms with Gasteiger partial charge in [0.05, 0.1) is 36.4 Å². The fourth-order valence-electron chi connectivity index (χ4n) is 3.63. The lowest BCUT2D eigenvalue weighted by atomic mass is 9.88. The minimum Gasteiger partial charge on any atom is -0.388 e. The number of aliphatic hydroxyl groups is 1. The molecule has 0 aliphatic carbocycles. The summed E-state index contributed by atoms with van der Waals surface area (Å²) in [5.74, 6) is 0.440. The molecule has 3 rings (SSSR count). The van der Waals surface area contributed by atoms with Crippen molar-refractivity contribution in [3.63, 3.8) is 0 Å². The second-order valence-electron chi connectivity index (χ2n) is 8.75. The van der Waals surface area contributed by atoms with Gasteiger partial charge in [-0.25, -0.2) is 9.57 Å². The molecule has 1 aromatic carbocycles. The summed E-state index contributed by atoms with van der Waals surface area (Å²) in [6.07, 6.45) is 8.62. The average molecular weight is 460 g/mol. The predicted octanol–water partition coefficient (Wildman–Crippen LogP) is 4.11. The molecule has 0 fully saturated rings. The third kappa shape index (κ3) is 5.58. The second kappa shape index (κ2) is 10.0. The fourth-order valence-corrected chi connectivity index (χ4v) is 3.63.